The molecule has 0 aromatic carbocycles. The van der Waals surface area contributed by atoms with Gasteiger partial charge in [0.2, 0.25) is 0 Å². The molecule has 0 aromatic heterocycles. The zero-order valence-corrected chi connectivity index (χ0v) is 12.6. The molecular weight excluding hydrogens is 300 g/mol. The molecule has 0 radical (unpaired) electrons. The van der Waals surface area contributed by atoms with Gasteiger partial charge in [0.25, 0.3) is 20.2 Å². The maximum absolute atomic E-state index is 10.9. The van der Waals surface area contributed by atoms with E-state index in [4.69, 9.17) is 9.47 Å². The van der Waals surface area contributed by atoms with Crippen LogP contribution in [0.15, 0.2) is 0 Å². The van der Waals surface area contributed by atoms with Crippen LogP contribution in [0.2, 0.25) is 0 Å². The van der Waals surface area contributed by atoms with Crippen molar-refractivity contribution in [2.75, 3.05) is 25.7 Å². The molecule has 0 spiro atoms. The zero-order valence-electron chi connectivity index (χ0n) is 10.9. The van der Waals surface area contributed by atoms with Gasteiger partial charge < -0.3 is 9.47 Å². The van der Waals surface area contributed by atoms with Crippen molar-refractivity contribution in [1.82, 2.24) is 0 Å². The van der Waals surface area contributed by atoms with Crippen LogP contribution in [0.3, 0.4) is 0 Å². The SMILES string of the molecule is CCC1O[C@H](COS(C)(=O)=O)[C@@H](COS(C)(=O)=O)O1. The first-order valence-electron chi connectivity index (χ1n) is 5.60. The number of rotatable bonds is 7. The lowest BCUT2D eigenvalue weighted by Gasteiger charge is -2.15. The molecule has 19 heavy (non-hydrogen) atoms. The molecule has 1 fully saturated rings. The van der Waals surface area contributed by atoms with E-state index in [1.165, 1.54) is 0 Å². The van der Waals surface area contributed by atoms with Crippen LogP contribution < -0.4 is 0 Å². The van der Waals surface area contributed by atoms with Gasteiger partial charge in [-0.25, -0.2) is 0 Å². The number of ether oxygens (including phenoxy) is 2. The van der Waals surface area contributed by atoms with Crippen LogP contribution in [-0.4, -0.2) is 61.1 Å². The minimum Gasteiger partial charge on any atom is -0.344 e. The highest BCUT2D eigenvalue weighted by atomic mass is 32.2. The Bertz CT molecular complexity index is 438. The van der Waals surface area contributed by atoms with Crippen LogP contribution in [0, 0.1) is 0 Å². The molecule has 0 N–H and O–H groups in total. The first-order valence-corrected chi connectivity index (χ1v) is 9.23. The van der Waals surface area contributed by atoms with Gasteiger partial charge in [-0.05, 0) is 6.42 Å². The third-order valence-corrected chi connectivity index (χ3v) is 3.42. The minimum absolute atomic E-state index is 0.243. The minimum atomic E-state index is -3.60. The molecule has 0 bridgehead atoms. The predicted molar refractivity (Wildman–Crippen MR) is 65.4 cm³/mol. The van der Waals surface area contributed by atoms with E-state index in [0.29, 0.717) is 6.42 Å². The van der Waals surface area contributed by atoms with E-state index in [-0.39, 0.29) is 13.2 Å². The summed E-state index contributed by atoms with van der Waals surface area (Å²) in [7, 11) is -7.19. The second-order valence-electron chi connectivity index (χ2n) is 4.16. The fraction of sp³-hybridized carbons (Fsp3) is 1.00. The van der Waals surface area contributed by atoms with Gasteiger partial charge in [0.05, 0.1) is 25.7 Å². The van der Waals surface area contributed by atoms with Crippen LogP contribution in [0.25, 0.3) is 0 Å². The highest BCUT2D eigenvalue weighted by Gasteiger charge is 2.37. The fourth-order valence-corrected chi connectivity index (χ4v) is 2.23. The van der Waals surface area contributed by atoms with Crippen molar-refractivity contribution in [2.45, 2.75) is 31.8 Å². The Balaban J connectivity index is 2.59. The second kappa shape index (κ2) is 6.46. The van der Waals surface area contributed by atoms with Crippen LogP contribution in [0.1, 0.15) is 13.3 Å². The van der Waals surface area contributed by atoms with Gasteiger partial charge in [0, 0.05) is 0 Å². The summed E-state index contributed by atoms with van der Waals surface area (Å²) in [5.74, 6) is 0. The highest BCUT2D eigenvalue weighted by molar-refractivity contribution is 7.86. The molecule has 0 unspecified atom stereocenters. The second-order valence-corrected chi connectivity index (χ2v) is 7.45. The summed E-state index contributed by atoms with van der Waals surface area (Å²) < 4.78 is 63.7. The van der Waals surface area contributed by atoms with Gasteiger partial charge in [-0.3, -0.25) is 8.37 Å². The number of hydrogen-bond acceptors (Lipinski definition) is 8. The van der Waals surface area contributed by atoms with Crippen molar-refractivity contribution in [3.05, 3.63) is 0 Å². The third kappa shape index (κ3) is 6.63. The van der Waals surface area contributed by atoms with Crippen molar-refractivity contribution in [3.8, 4) is 0 Å². The summed E-state index contributed by atoms with van der Waals surface area (Å²) in [5.41, 5.74) is 0. The molecule has 1 rings (SSSR count). The van der Waals surface area contributed by atoms with Crippen LogP contribution in [0.5, 0.6) is 0 Å². The van der Waals surface area contributed by atoms with Crippen molar-refractivity contribution >= 4 is 20.2 Å². The van der Waals surface area contributed by atoms with Gasteiger partial charge in [-0.15, -0.1) is 0 Å². The Morgan fingerprint density at radius 2 is 1.26 bits per heavy atom. The van der Waals surface area contributed by atoms with Crippen molar-refractivity contribution in [1.29, 1.82) is 0 Å². The van der Waals surface area contributed by atoms with Gasteiger partial charge in [0.1, 0.15) is 12.2 Å². The van der Waals surface area contributed by atoms with Gasteiger partial charge in [-0.2, -0.15) is 16.8 Å². The molecule has 0 saturated carbocycles. The molecule has 0 amide bonds. The topological polar surface area (TPSA) is 105 Å². The maximum Gasteiger partial charge on any atom is 0.264 e. The van der Waals surface area contributed by atoms with Gasteiger partial charge in [0.15, 0.2) is 6.29 Å². The Morgan fingerprint density at radius 3 is 1.53 bits per heavy atom. The van der Waals surface area contributed by atoms with Crippen molar-refractivity contribution < 1.29 is 34.7 Å². The van der Waals surface area contributed by atoms with Crippen LogP contribution >= 0.6 is 0 Å². The van der Waals surface area contributed by atoms with E-state index < -0.39 is 38.7 Å². The van der Waals surface area contributed by atoms with E-state index in [1.807, 2.05) is 6.92 Å². The third-order valence-electron chi connectivity index (χ3n) is 2.29. The van der Waals surface area contributed by atoms with E-state index >= 15 is 0 Å². The summed E-state index contributed by atoms with van der Waals surface area (Å²) in [6, 6.07) is 0. The standard InChI is InChI=1S/C9H18O8S2/c1-4-9-16-7(5-14-18(2,10)11)8(17-9)6-15-19(3,12)13/h7-9H,4-6H2,1-3H3/t7-,8-/m1/s1. The predicted octanol–water partition coefficient (Wildman–Crippen LogP) is -0.541. The van der Waals surface area contributed by atoms with E-state index in [2.05, 4.69) is 8.37 Å². The maximum atomic E-state index is 10.9. The normalized spacial score (nSPS) is 25.8. The molecular formula is C9H18O8S2. The molecule has 1 saturated heterocycles. The van der Waals surface area contributed by atoms with Crippen molar-refractivity contribution in [3.63, 3.8) is 0 Å². The summed E-state index contributed by atoms with van der Waals surface area (Å²) in [4.78, 5) is 0. The Hall–Kier alpha value is -0.260. The highest BCUT2D eigenvalue weighted by Crippen LogP contribution is 2.22. The summed E-state index contributed by atoms with van der Waals surface area (Å²) in [6.07, 6.45) is 0.471. The first kappa shape index (κ1) is 16.8. The molecule has 8 nitrogen and oxygen atoms in total. The van der Waals surface area contributed by atoms with Crippen molar-refractivity contribution in [2.24, 2.45) is 0 Å². The summed E-state index contributed by atoms with van der Waals surface area (Å²) in [5, 5.41) is 0. The number of hydrogen-bond donors (Lipinski definition) is 0. The van der Waals surface area contributed by atoms with E-state index in [9.17, 15) is 16.8 Å². The lowest BCUT2D eigenvalue weighted by Crippen LogP contribution is -2.33. The monoisotopic (exact) mass is 318 g/mol. The Morgan fingerprint density at radius 1 is 0.895 bits per heavy atom. The Labute approximate surface area is 113 Å². The quantitative estimate of drug-likeness (QED) is 0.576. The lowest BCUT2D eigenvalue weighted by molar-refractivity contribution is -0.0731. The van der Waals surface area contributed by atoms with E-state index in [0.717, 1.165) is 12.5 Å². The molecule has 1 heterocycles. The average molecular weight is 318 g/mol. The van der Waals surface area contributed by atoms with Crippen LogP contribution in [-0.2, 0) is 38.1 Å². The largest absolute Gasteiger partial charge is 0.344 e. The molecule has 1 aliphatic rings. The van der Waals surface area contributed by atoms with Gasteiger partial charge in [-0.1, -0.05) is 6.92 Å². The van der Waals surface area contributed by atoms with Crippen LogP contribution in [0.4, 0.5) is 0 Å². The molecule has 2 atom stereocenters. The molecule has 10 heteroatoms. The molecule has 1 aliphatic heterocycles. The average Bonchev–Trinajstić information content (AvgIpc) is 2.64. The summed E-state index contributed by atoms with van der Waals surface area (Å²) >= 11 is 0. The fourth-order valence-electron chi connectivity index (χ4n) is 1.46. The smallest absolute Gasteiger partial charge is 0.264 e. The zero-order chi connectivity index (χ0) is 14.7. The molecule has 0 aliphatic carbocycles. The molecule has 0 aromatic rings. The lowest BCUT2D eigenvalue weighted by atomic mass is 10.2. The first-order chi connectivity index (χ1) is 8.61. The molecule has 114 valence electrons. The van der Waals surface area contributed by atoms with E-state index in [1.54, 1.807) is 0 Å². The Kier molecular flexibility index (Phi) is 5.71. The van der Waals surface area contributed by atoms with Gasteiger partial charge >= 0.3 is 0 Å². The summed E-state index contributed by atoms with van der Waals surface area (Å²) in [6.45, 7) is 1.33.